The number of hydrogen-bond donors (Lipinski definition) is 3. The van der Waals surface area contributed by atoms with Crippen LogP contribution in [0.5, 0.6) is 11.5 Å². The van der Waals surface area contributed by atoms with Crippen LogP contribution in [-0.4, -0.2) is 46.9 Å². The van der Waals surface area contributed by atoms with Crippen molar-refractivity contribution in [3.63, 3.8) is 0 Å². The number of rotatable bonds is 7. The standard InChI is InChI=1S/C31H29BrF2N4O4/c1-16-22(32)11-18-10-19(12-23(41-3)25(18)37-16)28(39)36-14-31(40,30(34)8-9-30)24-13-21-27(42-15-29(21,2)35)26(38-24)17-4-6-20(33)7-5-17/h4-7,10-13,40H,8-9,14-15,35H2,1-3H3,(H,36,39)/t29-,31-/m0/s1. The van der Waals surface area contributed by atoms with E-state index in [2.05, 4.69) is 31.2 Å². The highest BCUT2D eigenvalue weighted by atomic mass is 79.9. The molecule has 6 rings (SSSR count). The van der Waals surface area contributed by atoms with E-state index in [1.807, 2.05) is 13.0 Å². The molecule has 4 N–H and O–H groups in total. The van der Waals surface area contributed by atoms with E-state index < -0.39 is 35.1 Å². The normalized spacial score (nSPS) is 20.0. The second kappa shape index (κ2) is 9.96. The van der Waals surface area contributed by atoms with Gasteiger partial charge in [0.25, 0.3) is 5.91 Å². The number of aryl methyl sites for hydroxylation is 1. The Morgan fingerprint density at radius 1 is 1.21 bits per heavy atom. The van der Waals surface area contributed by atoms with Crippen LogP contribution in [0.4, 0.5) is 8.78 Å². The number of pyridine rings is 2. The summed E-state index contributed by atoms with van der Waals surface area (Å²) in [7, 11) is 1.49. The fraction of sp³-hybridized carbons (Fsp3) is 0.323. The second-order valence-corrected chi connectivity index (χ2v) is 12.1. The van der Waals surface area contributed by atoms with Crippen LogP contribution in [0.25, 0.3) is 22.2 Å². The minimum atomic E-state index is -2.19. The number of carbonyl (C=O) groups excluding carboxylic acids is 1. The van der Waals surface area contributed by atoms with Gasteiger partial charge < -0.3 is 25.6 Å². The lowest BCUT2D eigenvalue weighted by atomic mass is 9.86. The Hall–Kier alpha value is -3.67. The van der Waals surface area contributed by atoms with E-state index >= 15 is 4.39 Å². The van der Waals surface area contributed by atoms with E-state index in [1.165, 1.54) is 31.4 Å². The minimum absolute atomic E-state index is 0.00254. The Balaban J connectivity index is 1.39. The number of carbonyl (C=O) groups is 1. The van der Waals surface area contributed by atoms with Crippen molar-refractivity contribution in [3.8, 4) is 22.8 Å². The zero-order valence-electron chi connectivity index (χ0n) is 23.2. The number of hydrogen-bond acceptors (Lipinski definition) is 7. The van der Waals surface area contributed by atoms with Gasteiger partial charge in [-0.15, -0.1) is 0 Å². The summed E-state index contributed by atoms with van der Waals surface area (Å²) in [5, 5.41) is 15.4. The lowest BCUT2D eigenvalue weighted by Crippen LogP contribution is -2.49. The number of ether oxygens (including phenoxy) is 2. The zero-order valence-corrected chi connectivity index (χ0v) is 24.8. The van der Waals surface area contributed by atoms with Gasteiger partial charge in [0.2, 0.25) is 0 Å². The summed E-state index contributed by atoms with van der Waals surface area (Å²) in [4.78, 5) is 22.6. The highest BCUT2D eigenvalue weighted by Gasteiger charge is 2.62. The average molecular weight is 639 g/mol. The smallest absolute Gasteiger partial charge is 0.251 e. The van der Waals surface area contributed by atoms with Crippen molar-refractivity contribution in [3.05, 3.63) is 81.3 Å². The van der Waals surface area contributed by atoms with Gasteiger partial charge >= 0.3 is 0 Å². The van der Waals surface area contributed by atoms with Crippen LogP contribution in [0.1, 0.15) is 47.1 Å². The number of aliphatic hydroxyl groups is 1. The fourth-order valence-corrected chi connectivity index (χ4v) is 5.67. The molecule has 1 amide bonds. The van der Waals surface area contributed by atoms with Crippen LogP contribution >= 0.6 is 15.9 Å². The van der Waals surface area contributed by atoms with E-state index in [0.29, 0.717) is 39.2 Å². The van der Waals surface area contributed by atoms with Crippen LogP contribution in [-0.2, 0) is 11.1 Å². The quantitative estimate of drug-likeness (QED) is 0.254. The SMILES string of the molecule is COc1cc(C(=O)NC[C@](O)(c2cc3c(c(-c4ccc(F)cc4)n2)OC[C@]3(C)N)C2(F)CC2)cc2cc(Br)c(C)nc12. The molecule has 2 aromatic carbocycles. The molecule has 0 bridgehead atoms. The van der Waals surface area contributed by atoms with E-state index in [9.17, 15) is 14.3 Å². The summed E-state index contributed by atoms with van der Waals surface area (Å²) in [5.74, 6) is -0.177. The maximum Gasteiger partial charge on any atom is 0.251 e. The van der Waals surface area contributed by atoms with Crippen molar-refractivity contribution < 1.29 is 28.2 Å². The lowest BCUT2D eigenvalue weighted by Gasteiger charge is -2.33. The third kappa shape index (κ3) is 4.69. The molecule has 2 aliphatic rings. The molecule has 11 heteroatoms. The van der Waals surface area contributed by atoms with Gasteiger partial charge in [0.1, 0.15) is 35.1 Å². The molecule has 42 heavy (non-hydrogen) atoms. The largest absolute Gasteiger partial charge is 0.494 e. The van der Waals surface area contributed by atoms with Crippen LogP contribution < -0.4 is 20.5 Å². The van der Waals surface area contributed by atoms with Gasteiger partial charge in [0, 0.05) is 26.5 Å². The molecular formula is C31H29BrF2N4O4. The monoisotopic (exact) mass is 638 g/mol. The molecule has 1 aliphatic heterocycles. The number of benzene rings is 2. The number of alkyl halides is 1. The lowest BCUT2D eigenvalue weighted by molar-refractivity contribution is -0.0566. The predicted octanol–water partition coefficient (Wildman–Crippen LogP) is 5.20. The molecule has 0 unspecified atom stereocenters. The number of nitrogens with one attached hydrogen (secondary N) is 1. The number of amides is 1. The second-order valence-electron chi connectivity index (χ2n) is 11.3. The highest BCUT2D eigenvalue weighted by molar-refractivity contribution is 9.10. The first-order valence-electron chi connectivity index (χ1n) is 13.4. The first-order chi connectivity index (χ1) is 19.8. The average Bonchev–Trinajstić information content (AvgIpc) is 3.65. The minimum Gasteiger partial charge on any atom is -0.494 e. The van der Waals surface area contributed by atoms with Crippen LogP contribution in [0, 0.1) is 12.7 Å². The first-order valence-corrected chi connectivity index (χ1v) is 14.2. The maximum absolute atomic E-state index is 16.0. The number of halogens is 3. The molecule has 0 saturated heterocycles. The van der Waals surface area contributed by atoms with Crippen LogP contribution in [0.15, 0.2) is 53.0 Å². The number of nitrogens with two attached hydrogens (primary N) is 1. The Morgan fingerprint density at radius 3 is 2.60 bits per heavy atom. The van der Waals surface area contributed by atoms with Gasteiger partial charge in [-0.05, 0) is 91.1 Å². The van der Waals surface area contributed by atoms with Crippen molar-refractivity contribution in [2.24, 2.45) is 5.73 Å². The third-order valence-corrected chi connectivity index (χ3v) is 8.88. The predicted molar refractivity (Wildman–Crippen MR) is 157 cm³/mol. The fourth-order valence-electron chi connectivity index (χ4n) is 5.34. The van der Waals surface area contributed by atoms with Gasteiger partial charge in [-0.25, -0.2) is 18.7 Å². The van der Waals surface area contributed by atoms with Gasteiger partial charge in [-0.1, -0.05) is 0 Å². The molecule has 218 valence electrons. The zero-order chi connectivity index (χ0) is 30.0. The molecule has 2 atom stereocenters. The maximum atomic E-state index is 16.0. The van der Waals surface area contributed by atoms with Gasteiger partial charge in [-0.3, -0.25) is 4.79 Å². The summed E-state index contributed by atoms with van der Waals surface area (Å²) in [6, 6.07) is 12.2. The summed E-state index contributed by atoms with van der Waals surface area (Å²) in [5.41, 5.74) is 4.32. The molecule has 0 spiro atoms. The Kier molecular flexibility index (Phi) is 6.75. The van der Waals surface area contributed by atoms with Crippen molar-refractivity contribution in [2.75, 3.05) is 20.3 Å². The van der Waals surface area contributed by atoms with Crippen molar-refractivity contribution in [1.29, 1.82) is 0 Å². The Bertz CT molecular complexity index is 1740. The topological polar surface area (TPSA) is 120 Å². The Labute approximate surface area is 249 Å². The van der Waals surface area contributed by atoms with Crippen LogP contribution in [0.3, 0.4) is 0 Å². The summed E-state index contributed by atoms with van der Waals surface area (Å²) >= 11 is 3.47. The summed E-state index contributed by atoms with van der Waals surface area (Å²) < 4.78 is 41.9. The number of methoxy groups -OCH3 is 1. The number of fused-ring (bicyclic) bond motifs is 2. The third-order valence-electron chi connectivity index (χ3n) is 8.07. The number of nitrogens with zero attached hydrogens (tertiary/aromatic N) is 2. The highest BCUT2D eigenvalue weighted by Crippen LogP contribution is 2.54. The van der Waals surface area contributed by atoms with Crippen molar-refractivity contribution >= 4 is 32.7 Å². The molecule has 0 radical (unpaired) electrons. The number of aromatic nitrogens is 2. The van der Waals surface area contributed by atoms with Gasteiger partial charge in [-0.2, -0.15) is 0 Å². The first kappa shape index (κ1) is 28.4. The molecule has 1 fully saturated rings. The van der Waals surface area contributed by atoms with Crippen molar-refractivity contribution in [2.45, 2.75) is 43.5 Å². The van der Waals surface area contributed by atoms with E-state index in [-0.39, 0.29) is 30.7 Å². The summed E-state index contributed by atoms with van der Waals surface area (Å²) in [6.07, 6.45) is 0.173. The molecule has 3 heterocycles. The molecular weight excluding hydrogens is 610 g/mol. The van der Waals surface area contributed by atoms with Gasteiger partial charge in [0.15, 0.2) is 11.4 Å². The molecule has 2 aromatic heterocycles. The Morgan fingerprint density at radius 2 is 1.93 bits per heavy atom. The van der Waals surface area contributed by atoms with E-state index in [1.54, 1.807) is 25.1 Å². The molecule has 8 nitrogen and oxygen atoms in total. The molecule has 1 aliphatic carbocycles. The van der Waals surface area contributed by atoms with E-state index in [0.717, 1.165) is 10.2 Å². The summed E-state index contributed by atoms with van der Waals surface area (Å²) in [6.45, 7) is 3.30. The molecule has 1 saturated carbocycles. The van der Waals surface area contributed by atoms with Crippen molar-refractivity contribution in [1.82, 2.24) is 15.3 Å². The van der Waals surface area contributed by atoms with Gasteiger partial charge in [0.05, 0.1) is 30.6 Å². The van der Waals surface area contributed by atoms with E-state index in [4.69, 9.17) is 15.2 Å². The van der Waals surface area contributed by atoms with Crippen LogP contribution in [0.2, 0.25) is 0 Å². The molecule has 4 aromatic rings.